The molecule has 0 spiro atoms. The molecule has 5 rings (SSSR count). The molecule has 1 heterocycles. The zero-order valence-corrected chi connectivity index (χ0v) is 17.8. The Morgan fingerprint density at radius 1 is 1.00 bits per heavy atom. The molecule has 0 bridgehead atoms. The summed E-state index contributed by atoms with van der Waals surface area (Å²) in [5.74, 6) is -0.127. The van der Waals surface area contributed by atoms with Crippen molar-refractivity contribution >= 4 is 39.7 Å². The van der Waals surface area contributed by atoms with Crippen LogP contribution in [0, 0.1) is 6.92 Å². The first-order valence-electron chi connectivity index (χ1n) is 10.2. The first-order chi connectivity index (χ1) is 14.5. The second-order valence-corrected chi connectivity index (χ2v) is 8.40. The summed E-state index contributed by atoms with van der Waals surface area (Å²) >= 11 is 5.45. The van der Waals surface area contributed by atoms with E-state index in [0.717, 1.165) is 35.4 Å². The highest BCUT2D eigenvalue weighted by molar-refractivity contribution is 7.80. The topological polar surface area (TPSA) is 53.2 Å². The van der Waals surface area contributed by atoms with Gasteiger partial charge in [-0.1, -0.05) is 48.5 Å². The summed E-state index contributed by atoms with van der Waals surface area (Å²) in [6, 6.07) is 18.3. The van der Waals surface area contributed by atoms with Crippen molar-refractivity contribution in [1.29, 1.82) is 0 Å². The van der Waals surface area contributed by atoms with Crippen molar-refractivity contribution < 1.29 is 4.79 Å². The van der Waals surface area contributed by atoms with Gasteiger partial charge in [-0.15, -0.1) is 0 Å². The summed E-state index contributed by atoms with van der Waals surface area (Å²) in [4.78, 5) is 13.4. The summed E-state index contributed by atoms with van der Waals surface area (Å²) in [5.41, 5.74) is 7.12. The molecule has 1 aliphatic heterocycles. The Labute approximate surface area is 181 Å². The molecule has 3 aromatic rings. The van der Waals surface area contributed by atoms with Crippen LogP contribution in [0.1, 0.15) is 35.2 Å². The standard InChI is InChI=1S/C25H23N3OS/c1-14-6-3-4-9-20(14)27-24(29)21-15(2)26-25(30)28-23(21)19-13-12-17-11-10-16-7-5-8-18(19)22(16)17/h3-9,12-13,23H,10-11H2,1-2H3,(H,27,29)(H2,26,28,30). The Bertz CT molecular complexity index is 1230. The number of thiocarbonyl (C=S) groups is 1. The van der Waals surface area contributed by atoms with Gasteiger partial charge in [0.2, 0.25) is 0 Å². The number of hydrogen-bond donors (Lipinski definition) is 3. The van der Waals surface area contributed by atoms with Crippen LogP contribution in [0.4, 0.5) is 5.69 Å². The van der Waals surface area contributed by atoms with E-state index in [0.29, 0.717) is 10.7 Å². The minimum absolute atomic E-state index is 0.127. The number of carbonyl (C=O) groups excluding carboxylic acids is 1. The van der Waals surface area contributed by atoms with Crippen LogP contribution in [-0.2, 0) is 17.6 Å². The van der Waals surface area contributed by atoms with Crippen LogP contribution in [0.3, 0.4) is 0 Å². The summed E-state index contributed by atoms with van der Waals surface area (Å²) in [6.07, 6.45) is 2.15. The molecule has 0 radical (unpaired) electrons. The van der Waals surface area contributed by atoms with E-state index in [4.69, 9.17) is 12.2 Å². The molecule has 0 aromatic heterocycles. The molecule has 3 aromatic carbocycles. The maximum Gasteiger partial charge on any atom is 0.255 e. The van der Waals surface area contributed by atoms with Crippen LogP contribution in [0.2, 0.25) is 0 Å². The van der Waals surface area contributed by atoms with Crippen molar-refractivity contribution in [1.82, 2.24) is 10.6 Å². The van der Waals surface area contributed by atoms with Gasteiger partial charge in [-0.2, -0.15) is 0 Å². The number of para-hydroxylation sites is 1. The van der Waals surface area contributed by atoms with E-state index in [-0.39, 0.29) is 11.9 Å². The maximum atomic E-state index is 13.4. The fourth-order valence-corrected chi connectivity index (χ4v) is 4.92. The largest absolute Gasteiger partial charge is 0.351 e. The summed E-state index contributed by atoms with van der Waals surface area (Å²) in [6.45, 7) is 3.90. The van der Waals surface area contributed by atoms with Gasteiger partial charge >= 0.3 is 0 Å². The van der Waals surface area contributed by atoms with E-state index < -0.39 is 0 Å². The normalized spacial score (nSPS) is 17.7. The van der Waals surface area contributed by atoms with Crippen molar-refractivity contribution in [3.8, 4) is 0 Å². The Balaban J connectivity index is 1.61. The number of carbonyl (C=O) groups is 1. The molecule has 1 amide bonds. The summed E-state index contributed by atoms with van der Waals surface area (Å²) < 4.78 is 0. The minimum atomic E-state index is -0.312. The van der Waals surface area contributed by atoms with Crippen LogP contribution in [0.15, 0.2) is 65.9 Å². The molecule has 1 unspecified atom stereocenters. The molecule has 2 aliphatic rings. The number of rotatable bonds is 3. The highest BCUT2D eigenvalue weighted by Gasteiger charge is 2.32. The van der Waals surface area contributed by atoms with Crippen LogP contribution in [-0.4, -0.2) is 11.0 Å². The van der Waals surface area contributed by atoms with Crippen LogP contribution in [0.5, 0.6) is 0 Å². The number of amides is 1. The second-order valence-electron chi connectivity index (χ2n) is 7.99. The van der Waals surface area contributed by atoms with Crippen molar-refractivity contribution in [2.75, 3.05) is 5.32 Å². The smallest absolute Gasteiger partial charge is 0.255 e. The van der Waals surface area contributed by atoms with Gasteiger partial charge in [0.15, 0.2) is 5.11 Å². The van der Waals surface area contributed by atoms with Gasteiger partial charge < -0.3 is 16.0 Å². The Hall–Kier alpha value is -3.18. The lowest BCUT2D eigenvalue weighted by Crippen LogP contribution is -2.45. The number of allylic oxidation sites excluding steroid dienone is 1. The molecular weight excluding hydrogens is 390 g/mol. The first-order valence-corrected chi connectivity index (χ1v) is 10.6. The lowest BCUT2D eigenvalue weighted by atomic mass is 9.89. The third-order valence-corrected chi connectivity index (χ3v) is 6.35. The maximum absolute atomic E-state index is 13.4. The van der Waals surface area contributed by atoms with Crippen molar-refractivity contribution in [3.05, 3.63) is 88.1 Å². The zero-order valence-electron chi connectivity index (χ0n) is 17.0. The Morgan fingerprint density at radius 2 is 1.77 bits per heavy atom. The Morgan fingerprint density at radius 3 is 2.57 bits per heavy atom. The molecule has 3 N–H and O–H groups in total. The van der Waals surface area contributed by atoms with Gasteiger partial charge in [0.05, 0.1) is 11.6 Å². The lowest BCUT2D eigenvalue weighted by molar-refractivity contribution is -0.113. The predicted octanol–water partition coefficient (Wildman–Crippen LogP) is 4.68. The molecule has 0 saturated heterocycles. The molecule has 0 saturated carbocycles. The number of hydrogen-bond acceptors (Lipinski definition) is 2. The van der Waals surface area contributed by atoms with Crippen molar-refractivity contribution in [2.24, 2.45) is 0 Å². The van der Waals surface area contributed by atoms with Gasteiger partial charge in [-0.05, 0) is 78.0 Å². The average Bonchev–Trinajstić information content (AvgIpc) is 3.14. The van der Waals surface area contributed by atoms with Gasteiger partial charge in [-0.25, -0.2) is 0 Å². The Kier molecular flexibility index (Phi) is 4.55. The molecule has 4 nitrogen and oxygen atoms in total. The lowest BCUT2D eigenvalue weighted by Gasteiger charge is -2.31. The van der Waals surface area contributed by atoms with Crippen LogP contribution in [0.25, 0.3) is 10.8 Å². The van der Waals surface area contributed by atoms with E-state index in [9.17, 15) is 4.79 Å². The summed E-state index contributed by atoms with van der Waals surface area (Å²) in [5, 5.41) is 12.6. The van der Waals surface area contributed by atoms with Crippen molar-refractivity contribution in [3.63, 3.8) is 0 Å². The molecular formula is C25H23N3OS. The highest BCUT2D eigenvalue weighted by Crippen LogP contribution is 2.38. The van der Waals surface area contributed by atoms with E-state index in [1.807, 2.05) is 38.1 Å². The van der Waals surface area contributed by atoms with Crippen LogP contribution >= 0.6 is 12.2 Å². The minimum Gasteiger partial charge on any atom is -0.351 e. The van der Waals surface area contributed by atoms with Gasteiger partial charge in [0.1, 0.15) is 0 Å². The molecule has 5 heteroatoms. The second kappa shape index (κ2) is 7.26. The van der Waals surface area contributed by atoms with Gasteiger partial charge in [0, 0.05) is 11.4 Å². The number of nitrogens with one attached hydrogen (secondary N) is 3. The molecule has 0 fully saturated rings. The van der Waals surface area contributed by atoms with E-state index >= 15 is 0 Å². The van der Waals surface area contributed by atoms with Crippen LogP contribution < -0.4 is 16.0 Å². The summed E-state index contributed by atoms with van der Waals surface area (Å²) in [7, 11) is 0. The molecule has 150 valence electrons. The molecule has 30 heavy (non-hydrogen) atoms. The van der Waals surface area contributed by atoms with Gasteiger partial charge in [0.25, 0.3) is 5.91 Å². The quantitative estimate of drug-likeness (QED) is 0.546. The number of benzene rings is 3. The fraction of sp³-hybridized carbons (Fsp3) is 0.200. The third kappa shape index (κ3) is 3.06. The third-order valence-electron chi connectivity index (χ3n) is 6.13. The number of anilines is 1. The van der Waals surface area contributed by atoms with E-state index in [1.54, 1.807) is 0 Å². The number of aryl methyl sites for hydroxylation is 3. The van der Waals surface area contributed by atoms with Crippen molar-refractivity contribution in [2.45, 2.75) is 32.7 Å². The van der Waals surface area contributed by atoms with Gasteiger partial charge in [-0.3, -0.25) is 4.79 Å². The van der Waals surface area contributed by atoms with E-state index in [1.165, 1.54) is 21.9 Å². The van der Waals surface area contributed by atoms with E-state index in [2.05, 4.69) is 46.3 Å². The average molecular weight is 414 g/mol. The first kappa shape index (κ1) is 18.8. The zero-order chi connectivity index (χ0) is 20.8. The monoisotopic (exact) mass is 413 g/mol. The predicted molar refractivity (Wildman–Crippen MR) is 125 cm³/mol. The molecule has 1 aliphatic carbocycles. The SMILES string of the molecule is CC1=C(C(=O)Nc2ccccc2C)C(c2ccc3c4c(cccc24)CC3)NC(=S)N1. The molecule has 1 atom stereocenters. The highest BCUT2D eigenvalue weighted by atomic mass is 32.1. The fourth-order valence-electron chi connectivity index (χ4n) is 4.65.